The van der Waals surface area contributed by atoms with Gasteiger partial charge in [0.2, 0.25) is 5.91 Å². The lowest BCUT2D eigenvalue weighted by Crippen LogP contribution is -2.63. The Morgan fingerprint density at radius 3 is 2.08 bits per heavy atom. The van der Waals surface area contributed by atoms with Crippen molar-refractivity contribution in [3.63, 3.8) is 0 Å². The maximum atomic E-state index is 12.8. The second kappa shape index (κ2) is 8.09. The Kier molecular flexibility index (Phi) is 6.90. The van der Waals surface area contributed by atoms with Gasteiger partial charge in [-0.05, 0) is 26.7 Å². The van der Waals surface area contributed by atoms with E-state index >= 15 is 0 Å². The van der Waals surface area contributed by atoms with E-state index in [0.29, 0.717) is 25.7 Å². The number of ketones is 1. The molecule has 9 heteroatoms. The lowest BCUT2D eigenvalue weighted by atomic mass is 9.90. The molecule has 4 N–H and O–H groups in total. The number of carbonyl (C=O) groups excluding carboxylic acids is 2. The highest BCUT2D eigenvalue weighted by Crippen LogP contribution is 2.24. The van der Waals surface area contributed by atoms with Gasteiger partial charge in [-0.2, -0.15) is 0 Å². The lowest BCUT2D eigenvalue weighted by Gasteiger charge is -2.27. The smallest absolute Gasteiger partial charge is 0.246 e. The molecule has 0 saturated heterocycles. The molecule has 0 unspecified atom stereocenters. The summed E-state index contributed by atoms with van der Waals surface area (Å²) in [6.45, 7) is 6.74. The minimum Gasteiger partial charge on any atom is -0.368 e. The van der Waals surface area contributed by atoms with E-state index in [0.717, 1.165) is 0 Å². The van der Waals surface area contributed by atoms with Crippen molar-refractivity contribution in [1.29, 1.82) is 0 Å². The molecule has 1 heterocycles. The Balaban J connectivity index is 3.31. The van der Waals surface area contributed by atoms with E-state index in [1.54, 1.807) is 0 Å². The number of rotatable bonds is 10. The Bertz CT molecular complexity index is 715. The molecule has 0 spiro atoms. The fraction of sp³-hybridized carbons (Fsp3) is 0.688. The molecule has 0 bridgehead atoms. The zero-order valence-corrected chi connectivity index (χ0v) is 16.0. The van der Waals surface area contributed by atoms with Crippen LogP contribution in [0.1, 0.15) is 61.3 Å². The van der Waals surface area contributed by atoms with E-state index < -0.39 is 38.1 Å². The molecule has 0 aromatic carbocycles. The van der Waals surface area contributed by atoms with Crippen molar-refractivity contribution < 1.29 is 22.5 Å². The number of aryl methyl sites for hydroxylation is 2. The number of hydrogen-bond acceptors (Lipinski definition) is 7. The van der Waals surface area contributed by atoms with Crippen LogP contribution in [0.3, 0.4) is 0 Å². The highest BCUT2D eigenvalue weighted by Gasteiger charge is 2.47. The van der Waals surface area contributed by atoms with Crippen molar-refractivity contribution in [3.05, 3.63) is 17.0 Å². The van der Waals surface area contributed by atoms with Crippen LogP contribution in [-0.2, 0) is 14.6 Å². The van der Waals surface area contributed by atoms with Crippen LogP contribution in [0.4, 0.5) is 0 Å². The minimum atomic E-state index is -3.81. The molecule has 0 fully saturated rings. The number of amides is 1. The molecule has 0 aliphatic carbocycles. The topological polar surface area (TPSA) is 146 Å². The second-order valence-corrected chi connectivity index (χ2v) is 8.65. The Hall–Kier alpha value is -1.74. The van der Waals surface area contributed by atoms with Gasteiger partial charge >= 0.3 is 0 Å². The highest BCUT2D eigenvalue weighted by atomic mass is 32.2. The van der Waals surface area contributed by atoms with Gasteiger partial charge in [0.1, 0.15) is 5.76 Å². The minimum absolute atomic E-state index is 0.000895. The molecule has 1 rings (SSSR count). The van der Waals surface area contributed by atoms with E-state index in [2.05, 4.69) is 5.16 Å². The van der Waals surface area contributed by atoms with Crippen LogP contribution in [0.15, 0.2) is 4.52 Å². The molecule has 0 radical (unpaired) electrons. The summed E-state index contributed by atoms with van der Waals surface area (Å²) in [6.07, 6.45) is 2.20. The molecule has 1 aromatic rings. The highest BCUT2D eigenvalue weighted by molar-refractivity contribution is 7.92. The summed E-state index contributed by atoms with van der Waals surface area (Å²) >= 11 is 0. The van der Waals surface area contributed by atoms with E-state index in [4.69, 9.17) is 16.0 Å². The monoisotopic (exact) mass is 373 g/mol. The van der Waals surface area contributed by atoms with Gasteiger partial charge in [-0.3, -0.25) is 9.59 Å². The molecule has 0 aliphatic heterocycles. The van der Waals surface area contributed by atoms with Gasteiger partial charge in [0.05, 0.1) is 22.3 Å². The van der Waals surface area contributed by atoms with Crippen molar-refractivity contribution in [2.24, 2.45) is 11.5 Å². The van der Waals surface area contributed by atoms with Crippen LogP contribution in [0.5, 0.6) is 0 Å². The van der Waals surface area contributed by atoms with Gasteiger partial charge in [-0.1, -0.05) is 31.8 Å². The summed E-state index contributed by atoms with van der Waals surface area (Å²) in [7, 11) is -3.81. The van der Waals surface area contributed by atoms with Crippen molar-refractivity contribution in [1.82, 2.24) is 5.16 Å². The average Bonchev–Trinajstić information content (AvgIpc) is 2.84. The normalized spacial score (nSPS) is 14.5. The molecular weight excluding hydrogens is 346 g/mol. The Morgan fingerprint density at radius 1 is 1.20 bits per heavy atom. The molecule has 25 heavy (non-hydrogen) atoms. The van der Waals surface area contributed by atoms with E-state index in [1.807, 2.05) is 13.8 Å². The molecule has 8 nitrogen and oxygen atoms in total. The van der Waals surface area contributed by atoms with Crippen LogP contribution in [0.25, 0.3) is 0 Å². The van der Waals surface area contributed by atoms with Crippen LogP contribution in [0, 0.1) is 13.8 Å². The number of carbonyl (C=O) groups is 2. The van der Waals surface area contributed by atoms with Crippen LogP contribution < -0.4 is 11.5 Å². The van der Waals surface area contributed by atoms with Crippen LogP contribution in [-0.4, -0.2) is 41.8 Å². The Morgan fingerprint density at radius 2 is 1.72 bits per heavy atom. The Labute approximate surface area is 148 Å². The van der Waals surface area contributed by atoms with Gasteiger partial charge in [-0.15, -0.1) is 0 Å². The fourth-order valence-corrected chi connectivity index (χ4v) is 5.19. The number of aromatic nitrogens is 1. The molecule has 0 aliphatic rings. The van der Waals surface area contributed by atoms with Gasteiger partial charge in [0.25, 0.3) is 0 Å². The molecule has 1 atom stereocenters. The number of sulfone groups is 1. The van der Waals surface area contributed by atoms with Crippen molar-refractivity contribution >= 4 is 21.5 Å². The summed E-state index contributed by atoms with van der Waals surface area (Å²) in [5, 5.41) is 2.98. The first kappa shape index (κ1) is 21.3. The van der Waals surface area contributed by atoms with Crippen molar-refractivity contribution in [2.45, 2.75) is 64.2 Å². The average molecular weight is 373 g/mol. The largest absolute Gasteiger partial charge is 0.368 e. The lowest BCUT2D eigenvalue weighted by molar-refractivity contribution is -0.120. The van der Waals surface area contributed by atoms with Gasteiger partial charge in [0, 0.05) is 0 Å². The zero-order chi connectivity index (χ0) is 19.4. The number of nitrogens with zero attached hydrogens (tertiary/aromatic N) is 1. The van der Waals surface area contributed by atoms with Gasteiger partial charge in [-0.25, -0.2) is 8.42 Å². The molecule has 142 valence electrons. The van der Waals surface area contributed by atoms with Crippen molar-refractivity contribution in [3.8, 4) is 0 Å². The summed E-state index contributed by atoms with van der Waals surface area (Å²) in [5.41, 5.74) is 9.16. The standard InChI is InChI=1S/C16H27N3O5S/c1-5-7-12(8-6-2)25(22,23)9-16(18,15(17)21)14(20)13-10(3)19-24-11(13)4/h12H,5-9,18H2,1-4H3,(H2,17,21)/t16-/m1/s1. The zero-order valence-electron chi connectivity index (χ0n) is 15.2. The summed E-state index contributed by atoms with van der Waals surface area (Å²) in [5.74, 6) is -2.74. The first-order valence-electron chi connectivity index (χ1n) is 8.29. The molecule has 0 saturated carbocycles. The fourth-order valence-electron chi connectivity index (χ4n) is 2.86. The van der Waals surface area contributed by atoms with E-state index in [1.165, 1.54) is 13.8 Å². The molecular formula is C16H27N3O5S. The maximum Gasteiger partial charge on any atom is 0.246 e. The third-order valence-corrected chi connectivity index (χ3v) is 6.61. The number of nitrogens with two attached hydrogens (primary N) is 2. The van der Waals surface area contributed by atoms with Crippen LogP contribution in [0.2, 0.25) is 0 Å². The maximum absolute atomic E-state index is 12.8. The first-order valence-corrected chi connectivity index (χ1v) is 10.0. The van der Waals surface area contributed by atoms with Crippen molar-refractivity contribution in [2.75, 3.05) is 5.75 Å². The summed E-state index contributed by atoms with van der Waals surface area (Å²) < 4.78 is 30.5. The first-order chi connectivity index (χ1) is 11.5. The number of Topliss-reactive ketones (excluding diaryl/α,β-unsaturated/α-hetero) is 1. The quantitative estimate of drug-likeness (QED) is 0.460. The predicted octanol–water partition coefficient (Wildman–Crippen LogP) is 1.04. The second-order valence-electron chi connectivity index (χ2n) is 6.37. The van der Waals surface area contributed by atoms with Crippen LogP contribution >= 0.6 is 0 Å². The number of primary amides is 1. The molecule has 1 aromatic heterocycles. The molecule has 1 amide bonds. The number of hydrogen-bond donors (Lipinski definition) is 2. The van der Waals surface area contributed by atoms with E-state index in [9.17, 15) is 18.0 Å². The van der Waals surface area contributed by atoms with E-state index in [-0.39, 0.29) is 17.0 Å². The van der Waals surface area contributed by atoms with Gasteiger partial charge < -0.3 is 16.0 Å². The third-order valence-electron chi connectivity index (χ3n) is 4.26. The van der Waals surface area contributed by atoms with Gasteiger partial charge in [0.15, 0.2) is 21.2 Å². The predicted molar refractivity (Wildman–Crippen MR) is 93.8 cm³/mol. The summed E-state index contributed by atoms with van der Waals surface area (Å²) in [4.78, 5) is 24.8. The SMILES string of the molecule is CCCC(CCC)S(=O)(=O)C[C@](N)(C(N)=O)C(=O)c1c(C)noc1C. The summed E-state index contributed by atoms with van der Waals surface area (Å²) in [6, 6.07) is 0. The third kappa shape index (κ3) is 4.46.